The van der Waals surface area contributed by atoms with E-state index in [1.165, 1.54) is 42.3 Å². The molecule has 1 fully saturated rings. The minimum Gasteiger partial charge on any atom is -0.311 e. The average molecular weight is 257 g/mol. The van der Waals surface area contributed by atoms with Crippen molar-refractivity contribution in [3.63, 3.8) is 0 Å². The maximum atomic E-state index is 4.63. The van der Waals surface area contributed by atoms with Crippen LogP contribution in [0.4, 0.5) is 0 Å². The molecule has 0 radical (unpaired) electrons. The Hall–Kier alpha value is -1.35. The molecule has 19 heavy (non-hydrogen) atoms. The summed E-state index contributed by atoms with van der Waals surface area (Å²) in [5.41, 5.74) is 2.96. The number of hydrogen-bond acceptors (Lipinski definition) is 2. The molecule has 1 heterocycles. The van der Waals surface area contributed by atoms with Crippen LogP contribution in [0.1, 0.15) is 38.3 Å². The summed E-state index contributed by atoms with van der Waals surface area (Å²) in [7, 11) is 2.02. The predicted octanol–water partition coefficient (Wildman–Crippen LogP) is 3.24. The van der Waals surface area contributed by atoms with Gasteiger partial charge in [-0.15, -0.1) is 0 Å². The van der Waals surface area contributed by atoms with E-state index in [4.69, 9.17) is 0 Å². The zero-order valence-corrected chi connectivity index (χ0v) is 11.9. The summed E-state index contributed by atoms with van der Waals surface area (Å²) >= 11 is 0. The van der Waals surface area contributed by atoms with Crippen LogP contribution in [0.15, 0.2) is 24.3 Å². The molecule has 0 spiro atoms. The van der Waals surface area contributed by atoms with E-state index >= 15 is 0 Å². The van der Waals surface area contributed by atoms with Crippen LogP contribution >= 0.6 is 0 Å². The first-order valence-corrected chi connectivity index (χ1v) is 7.35. The molecule has 102 valence electrons. The third kappa shape index (κ3) is 2.27. The molecule has 2 aromatic rings. The maximum Gasteiger partial charge on any atom is 0.0841 e. The summed E-state index contributed by atoms with van der Waals surface area (Å²) in [5, 5.41) is 9.53. The van der Waals surface area contributed by atoms with E-state index in [-0.39, 0.29) is 0 Å². The predicted molar refractivity (Wildman–Crippen MR) is 79.0 cm³/mol. The normalized spacial score (nSPS) is 17.6. The van der Waals surface area contributed by atoms with Gasteiger partial charge in [0.25, 0.3) is 0 Å². The molecule has 1 aromatic heterocycles. The zero-order valence-electron chi connectivity index (χ0n) is 11.9. The molecule has 0 saturated heterocycles. The second-order valence-electron chi connectivity index (χ2n) is 5.90. The van der Waals surface area contributed by atoms with E-state index in [1.807, 2.05) is 11.7 Å². The number of aromatic nitrogens is 2. The fraction of sp³-hybridized carbons (Fsp3) is 0.562. The van der Waals surface area contributed by atoms with E-state index in [2.05, 4.69) is 41.6 Å². The van der Waals surface area contributed by atoms with E-state index < -0.39 is 0 Å². The number of rotatable bonds is 5. The monoisotopic (exact) mass is 257 g/mol. The number of benzene rings is 1. The Morgan fingerprint density at radius 3 is 2.79 bits per heavy atom. The molecule has 1 aliphatic rings. The molecule has 1 aliphatic carbocycles. The van der Waals surface area contributed by atoms with E-state index in [9.17, 15) is 0 Å². The first kappa shape index (κ1) is 12.7. The van der Waals surface area contributed by atoms with Gasteiger partial charge in [-0.25, -0.2) is 0 Å². The zero-order chi connectivity index (χ0) is 13.3. The molecule has 0 atom stereocenters. The fourth-order valence-electron chi connectivity index (χ4n) is 3.20. The second kappa shape index (κ2) is 4.97. The first-order valence-electron chi connectivity index (χ1n) is 7.35. The highest BCUT2D eigenvalue weighted by Crippen LogP contribution is 2.43. The van der Waals surface area contributed by atoms with Crippen molar-refractivity contribution >= 4 is 10.9 Å². The summed E-state index contributed by atoms with van der Waals surface area (Å²) in [6.45, 7) is 4.33. The van der Waals surface area contributed by atoms with Gasteiger partial charge in [0.1, 0.15) is 0 Å². The van der Waals surface area contributed by atoms with Crippen molar-refractivity contribution in [2.45, 2.75) is 39.2 Å². The molecular weight excluding hydrogens is 234 g/mol. The highest BCUT2D eigenvalue weighted by Gasteiger charge is 2.34. The standard InChI is InChI=1S/C16H23N3/c1-3-16(9-6-10-16)12-17-11-14-13-7-4-5-8-15(13)19(2)18-14/h4-5,7-8,17H,3,6,9-12H2,1-2H3. The van der Waals surface area contributed by atoms with Crippen molar-refractivity contribution in [1.82, 2.24) is 15.1 Å². The number of hydrogen-bond donors (Lipinski definition) is 1. The number of para-hydroxylation sites is 1. The minimum absolute atomic E-state index is 0.574. The van der Waals surface area contributed by atoms with Crippen LogP contribution in [0.2, 0.25) is 0 Å². The van der Waals surface area contributed by atoms with E-state index in [1.54, 1.807) is 0 Å². The van der Waals surface area contributed by atoms with Crippen molar-refractivity contribution in [3.8, 4) is 0 Å². The van der Waals surface area contributed by atoms with Crippen LogP contribution in [0, 0.1) is 5.41 Å². The Morgan fingerprint density at radius 2 is 2.11 bits per heavy atom. The van der Waals surface area contributed by atoms with Gasteiger partial charge in [-0.3, -0.25) is 4.68 Å². The van der Waals surface area contributed by atoms with Gasteiger partial charge >= 0.3 is 0 Å². The smallest absolute Gasteiger partial charge is 0.0841 e. The number of aryl methyl sites for hydroxylation is 1. The van der Waals surface area contributed by atoms with Gasteiger partial charge in [-0.1, -0.05) is 31.5 Å². The van der Waals surface area contributed by atoms with Gasteiger partial charge in [-0.2, -0.15) is 5.10 Å². The van der Waals surface area contributed by atoms with Crippen LogP contribution in [-0.4, -0.2) is 16.3 Å². The SMILES string of the molecule is CCC1(CNCc2nn(C)c3ccccc23)CCC1. The maximum absolute atomic E-state index is 4.63. The van der Waals surface area contributed by atoms with Crippen molar-refractivity contribution in [3.05, 3.63) is 30.0 Å². The molecule has 1 saturated carbocycles. The third-order valence-electron chi connectivity index (χ3n) is 4.79. The molecule has 3 heteroatoms. The summed E-state index contributed by atoms with van der Waals surface area (Å²) in [6, 6.07) is 8.46. The molecule has 3 rings (SSSR count). The third-order valence-corrected chi connectivity index (χ3v) is 4.79. The van der Waals surface area contributed by atoms with Crippen molar-refractivity contribution in [2.75, 3.05) is 6.54 Å². The molecule has 3 nitrogen and oxygen atoms in total. The van der Waals surface area contributed by atoms with Gasteiger partial charge in [0.05, 0.1) is 11.2 Å². The Labute approximate surface area is 115 Å². The van der Waals surface area contributed by atoms with Crippen LogP contribution in [-0.2, 0) is 13.6 Å². The van der Waals surface area contributed by atoms with Crippen molar-refractivity contribution in [1.29, 1.82) is 0 Å². The minimum atomic E-state index is 0.574. The van der Waals surface area contributed by atoms with E-state index in [0.717, 1.165) is 13.1 Å². The summed E-state index contributed by atoms with van der Waals surface area (Å²) in [4.78, 5) is 0. The topological polar surface area (TPSA) is 29.9 Å². The van der Waals surface area contributed by atoms with Gasteiger partial charge in [0.15, 0.2) is 0 Å². The van der Waals surface area contributed by atoms with E-state index in [0.29, 0.717) is 5.41 Å². The Morgan fingerprint density at radius 1 is 1.32 bits per heavy atom. The lowest BCUT2D eigenvalue weighted by atomic mass is 9.67. The molecule has 0 unspecified atom stereocenters. The Balaban J connectivity index is 1.69. The van der Waals surface area contributed by atoms with Crippen LogP contribution in [0.25, 0.3) is 10.9 Å². The quantitative estimate of drug-likeness (QED) is 0.891. The van der Waals surface area contributed by atoms with Gasteiger partial charge in [0.2, 0.25) is 0 Å². The Bertz CT molecular complexity index is 561. The summed E-state index contributed by atoms with van der Waals surface area (Å²) in [5.74, 6) is 0. The summed E-state index contributed by atoms with van der Waals surface area (Å²) in [6.07, 6.45) is 5.48. The largest absolute Gasteiger partial charge is 0.311 e. The molecule has 1 aromatic carbocycles. The van der Waals surface area contributed by atoms with Crippen LogP contribution < -0.4 is 5.32 Å². The lowest BCUT2D eigenvalue weighted by molar-refractivity contribution is 0.123. The molecule has 0 aliphatic heterocycles. The fourth-order valence-corrected chi connectivity index (χ4v) is 3.20. The molecule has 0 bridgehead atoms. The average Bonchev–Trinajstić information content (AvgIpc) is 2.71. The number of nitrogens with one attached hydrogen (secondary N) is 1. The highest BCUT2D eigenvalue weighted by atomic mass is 15.3. The number of nitrogens with zero attached hydrogens (tertiary/aromatic N) is 2. The van der Waals surface area contributed by atoms with Crippen molar-refractivity contribution < 1.29 is 0 Å². The van der Waals surface area contributed by atoms with Crippen LogP contribution in [0.5, 0.6) is 0 Å². The van der Waals surface area contributed by atoms with Gasteiger partial charge in [-0.05, 0) is 30.7 Å². The van der Waals surface area contributed by atoms with Crippen molar-refractivity contribution in [2.24, 2.45) is 12.5 Å². The molecular formula is C16H23N3. The molecule has 1 N–H and O–H groups in total. The first-order chi connectivity index (χ1) is 9.24. The second-order valence-corrected chi connectivity index (χ2v) is 5.90. The Kier molecular flexibility index (Phi) is 3.31. The summed E-state index contributed by atoms with van der Waals surface area (Å²) < 4.78 is 1.98. The van der Waals surface area contributed by atoms with Gasteiger partial charge in [0, 0.05) is 25.5 Å². The number of fused-ring (bicyclic) bond motifs is 1. The molecule has 0 amide bonds. The highest BCUT2D eigenvalue weighted by molar-refractivity contribution is 5.81. The van der Waals surface area contributed by atoms with Gasteiger partial charge < -0.3 is 5.32 Å². The van der Waals surface area contributed by atoms with Crippen LogP contribution in [0.3, 0.4) is 0 Å². The lowest BCUT2D eigenvalue weighted by Crippen LogP contribution is -2.39. The lowest BCUT2D eigenvalue weighted by Gasteiger charge is -2.41.